The number of hydrogen-bond donors (Lipinski definition) is 0. The molecule has 1 aromatic heterocycles. The molecule has 0 unspecified atom stereocenters. The lowest BCUT2D eigenvalue weighted by atomic mass is 10.1. The highest BCUT2D eigenvalue weighted by molar-refractivity contribution is 7.88. The highest BCUT2D eigenvalue weighted by atomic mass is 32.2. The number of carbonyl (C=O) groups is 1. The minimum atomic E-state index is -3.65. The van der Waals surface area contributed by atoms with Gasteiger partial charge in [-0.2, -0.15) is 0 Å². The molecule has 0 bridgehead atoms. The number of nitrogens with zero attached hydrogens (tertiary/aromatic N) is 1. The second-order valence-corrected chi connectivity index (χ2v) is 7.94. The predicted molar refractivity (Wildman–Crippen MR) is 97.2 cm³/mol. The fourth-order valence-corrected chi connectivity index (χ4v) is 3.07. The van der Waals surface area contributed by atoms with Crippen molar-refractivity contribution in [1.29, 1.82) is 0 Å². The third-order valence-electron chi connectivity index (χ3n) is 3.81. The van der Waals surface area contributed by atoms with E-state index in [1.54, 1.807) is 26.4 Å². The Morgan fingerprint density at radius 2 is 1.78 bits per heavy atom. The Labute approximate surface area is 158 Å². The molecular weight excluding hydrogens is 374 g/mol. The lowest BCUT2D eigenvalue weighted by molar-refractivity contribution is -0.145. The van der Waals surface area contributed by atoms with Crippen molar-refractivity contribution in [2.75, 3.05) is 28.3 Å². The summed E-state index contributed by atoms with van der Waals surface area (Å²) in [6, 6.07) is 8.23. The van der Waals surface area contributed by atoms with E-state index >= 15 is 0 Å². The van der Waals surface area contributed by atoms with Gasteiger partial charge in [-0.15, -0.1) is 0 Å². The number of sulfonamides is 1. The van der Waals surface area contributed by atoms with Crippen LogP contribution >= 0.6 is 0 Å². The van der Waals surface area contributed by atoms with Crippen molar-refractivity contribution >= 4 is 16.0 Å². The van der Waals surface area contributed by atoms with Crippen molar-refractivity contribution < 1.29 is 31.8 Å². The first-order valence-corrected chi connectivity index (χ1v) is 9.59. The largest absolute Gasteiger partial charge is 0.493 e. The Bertz CT molecular complexity index is 887. The van der Waals surface area contributed by atoms with Crippen LogP contribution in [0.5, 0.6) is 11.5 Å². The minimum Gasteiger partial charge on any atom is -0.493 e. The molecule has 9 heteroatoms. The first-order valence-electron chi connectivity index (χ1n) is 8.15. The molecule has 0 fully saturated rings. The lowest BCUT2D eigenvalue weighted by Crippen LogP contribution is -2.21. The van der Waals surface area contributed by atoms with Gasteiger partial charge in [0.2, 0.25) is 5.09 Å². The van der Waals surface area contributed by atoms with Crippen LogP contribution in [0.25, 0.3) is 0 Å². The third kappa shape index (κ3) is 5.24. The summed E-state index contributed by atoms with van der Waals surface area (Å²) < 4.78 is 45.7. The number of carbonyl (C=O) groups excluding carboxylic acids is 1. The van der Waals surface area contributed by atoms with Crippen molar-refractivity contribution in [2.45, 2.75) is 24.5 Å². The van der Waals surface area contributed by atoms with Crippen LogP contribution in [0, 0.1) is 0 Å². The molecule has 2 rings (SSSR count). The molecular formula is C18H23NO7S. The number of esters is 1. The molecule has 0 radical (unpaired) electrons. The summed E-state index contributed by atoms with van der Waals surface area (Å²) in [4.78, 5) is 11.9. The Hall–Kier alpha value is -2.52. The number of hydrogen-bond acceptors (Lipinski definition) is 7. The number of methoxy groups -OCH3 is 2. The van der Waals surface area contributed by atoms with Gasteiger partial charge in [0, 0.05) is 20.5 Å². The maximum atomic E-state index is 11.9. The van der Waals surface area contributed by atoms with E-state index in [1.165, 1.54) is 26.2 Å². The smallest absolute Gasteiger partial charge is 0.306 e. The van der Waals surface area contributed by atoms with Crippen LogP contribution in [0.1, 0.15) is 17.7 Å². The summed E-state index contributed by atoms with van der Waals surface area (Å²) in [5.74, 6) is 1.05. The molecule has 148 valence electrons. The van der Waals surface area contributed by atoms with Gasteiger partial charge in [0.15, 0.2) is 11.5 Å². The zero-order chi connectivity index (χ0) is 20.0. The van der Waals surface area contributed by atoms with Crippen molar-refractivity contribution in [3.8, 4) is 11.5 Å². The molecule has 0 atom stereocenters. The summed E-state index contributed by atoms with van der Waals surface area (Å²) in [5, 5.41) is -0.191. The number of benzene rings is 1. The molecule has 2 aromatic rings. The normalized spacial score (nSPS) is 11.4. The molecule has 0 aliphatic carbocycles. The van der Waals surface area contributed by atoms with E-state index in [0.29, 0.717) is 17.9 Å². The predicted octanol–water partition coefficient (Wildman–Crippen LogP) is 2.22. The van der Waals surface area contributed by atoms with Crippen molar-refractivity contribution in [3.63, 3.8) is 0 Å². The molecule has 1 aromatic carbocycles. The minimum absolute atomic E-state index is 0.131. The monoisotopic (exact) mass is 397 g/mol. The van der Waals surface area contributed by atoms with Crippen LogP contribution in [-0.2, 0) is 32.6 Å². The van der Waals surface area contributed by atoms with E-state index in [0.717, 1.165) is 9.87 Å². The van der Waals surface area contributed by atoms with E-state index in [1.807, 2.05) is 6.07 Å². The molecule has 0 saturated carbocycles. The highest BCUT2D eigenvalue weighted by Crippen LogP contribution is 2.28. The Morgan fingerprint density at radius 1 is 1.07 bits per heavy atom. The first-order chi connectivity index (χ1) is 12.8. The van der Waals surface area contributed by atoms with Gasteiger partial charge in [0.05, 0.1) is 14.2 Å². The molecule has 0 aliphatic heterocycles. The van der Waals surface area contributed by atoms with E-state index < -0.39 is 16.0 Å². The van der Waals surface area contributed by atoms with E-state index in [4.69, 9.17) is 18.6 Å². The average Bonchev–Trinajstić information content (AvgIpc) is 3.14. The summed E-state index contributed by atoms with van der Waals surface area (Å²) in [6.07, 6.45) is 0.636. The van der Waals surface area contributed by atoms with Gasteiger partial charge in [-0.25, -0.2) is 12.7 Å². The SMILES string of the molecule is COc1ccc(CCC(=O)OCc2ccc(S(=O)(=O)N(C)C)o2)cc1OC. The fraction of sp³-hybridized carbons (Fsp3) is 0.389. The van der Waals surface area contributed by atoms with Gasteiger partial charge in [-0.05, 0) is 36.2 Å². The van der Waals surface area contributed by atoms with Crippen molar-refractivity contribution in [1.82, 2.24) is 4.31 Å². The summed E-state index contributed by atoms with van der Waals surface area (Å²) in [6.45, 7) is -0.131. The molecule has 0 aliphatic rings. The molecule has 0 amide bonds. The highest BCUT2D eigenvalue weighted by Gasteiger charge is 2.21. The van der Waals surface area contributed by atoms with Gasteiger partial charge < -0.3 is 18.6 Å². The van der Waals surface area contributed by atoms with Gasteiger partial charge in [-0.3, -0.25) is 4.79 Å². The maximum absolute atomic E-state index is 11.9. The number of furan rings is 1. The number of ether oxygens (including phenoxy) is 3. The zero-order valence-electron chi connectivity index (χ0n) is 15.7. The van der Waals surface area contributed by atoms with Crippen LogP contribution in [0.15, 0.2) is 39.8 Å². The maximum Gasteiger partial charge on any atom is 0.306 e. The van der Waals surface area contributed by atoms with Crippen LogP contribution < -0.4 is 9.47 Å². The van der Waals surface area contributed by atoms with Gasteiger partial charge in [-0.1, -0.05) is 6.07 Å². The van der Waals surface area contributed by atoms with Crippen LogP contribution in [-0.4, -0.2) is 47.0 Å². The standard InChI is InChI=1S/C18H23NO7S/c1-19(2)27(21,22)18-10-7-14(26-18)12-25-17(20)9-6-13-5-8-15(23-3)16(11-13)24-4/h5,7-8,10-11H,6,9,12H2,1-4H3. The fourth-order valence-electron chi connectivity index (χ4n) is 2.26. The molecule has 27 heavy (non-hydrogen) atoms. The Kier molecular flexibility index (Phi) is 6.86. The number of aryl methyl sites for hydroxylation is 1. The third-order valence-corrected chi connectivity index (χ3v) is 5.50. The summed E-state index contributed by atoms with van der Waals surface area (Å²) in [7, 11) is 2.27. The van der Waals surface area contributed by atoms with Crippen LogP contribution in [0.2, 0.25) is 0 Å². The van der Waals surface area contributed by atoms with Crippen molar-refractivity contribution in [3.05, 3.63) is 41.7 Å². The lowest BCUT2D eigenvalue weighted by Gasteiger charge is -2.09. The molecule has 1 heterocycles. The number of rotatable bonds is 9. The average molecular weight is 397 g/mol. The summed E-state index contributed by atoms with van der Waals surface area (Å²) >= 11 is 0. The molecule has 0 N–H and O–H groups in total. The van der Waals surface area contributed by atoms with E-state index in [9.17, 15) is 13.2 Å². The van der Waals surface area contributed by atoms with E-state index in [-0.39, 0.29) is 23.9 Å². The second kappa shape index (κ2) is 8.92. The second-order valence-electron chi connectivity index (χ2n) is 5.86. The van der Waals surface area contributed by atoms with Gasteiger partial charge in [0.1, 0.15) is 12.4 Å². The summed E-state index contributed by atoms with van der Waals surface area (Å²) in [5.41, 5.74) is 0.905. The van der Waals surface area contributed by atoms with Crippen LogP contribution in [0.4, 0.5) is 0 Å². The zero-order valence-corrected chi connectivity index (χ0v) is 16.5. The van der Waals surface area contributed by atoms with Gasteiger partial charge in [0.25, 0.3) is 10.0 Å². The van der Waals surface area contributed by atoms with Crippen LogP contribution in [0.3, 0.4) is 0 Å². The Balaban J connectivity index is 1.88. The first kappa shape index (κ1) is 20.8. The van der Waals surface area contributed by atoms with E-state index in [2.05, 4.69) is 0 Å². The molecule has 8 nitrogen and oxygen atoms in total. The quantitative estimate of drug-likeness (QED) is 0.599. The Morgan fingerprint density at radius 3 is 2.41 bits per heavy atom. The molecule has 0 spiro atoms. The van der Waals surface area contributed by atoms with Gasteiger partial charge >= 0.3 is 5.97 Å². The topological polar surface area (TPSA) is 95.3 Å². The molecule has 0 saturated heterocycles. The van der Waals surface area contributed by atoms with Crippen molar-refractivity contribution in [2.24, 2.45) is 0 Å².